The smallest absolute Gasteiger partial charge is 0.290 e. The van der Waals surface area contributed by atoms with Crippen LogP contribution in [0, 0.1) is 5.92 Å². The monoisotopic (exact) mass is 408 g/mol. The van der Waals surface area contributed by atoms with Crippen molar-refractivity contribution in [3.63, 3.8) is 0 Å². The largest absolute Gasteiger partial charge is 0.483 e. The third-order valence-electron chi connectivity index (χ3n) is 4.88. The van der Waals surface area contributed by atoms with Crippen LogP contribution < -0.4 is 10.6 Å². The summed E-state index contributed by atoms with van der Waals surface area (Å²) in [5.41, 5.74) is 1.88. The molecule has 1 aromatic rings. The van der Waals surface area contributed by atoms with E-state index < -0.39 is 0 Å². The quantitative estimate of drug-likeness (QED) is 0.468. The molecule has 3 atom stereocenters. The van der Waals surface area contributed by atoms with E-state index in [1.54, 1.807) is 0 Å². The van der Waals surface area contributed by atoms with Crippen molar-refractivity contribution < 1.29 is 24.5 Å². The summed E-state index contributed by atoms with van der Waals surface area (Å²) >= 11 is 0. The first-order valence-corrected chi connectivity index (χ1v) is 10.4. The fourth-order valence-electron chi connectivity index (χ4n) is 3.62. The van der Waals surface area contributed by atoms with E-state index >= 15 is 0 Å². The van der Waals surface area contributed by atoms with Crippen LogP contribution >= 0.6 is 0 Å². The molecule has 1 saturated carbocycles. The van der Waals surface area contributed by atoms with Gasteiger partial charge in [0.2, 0.25) is 5.91 Å². The topological polar surface area (TPSA) is 108 Å². The second-order valence-corrected chi connectivity index (χ2v) is 7.65. The molecule has 0 spiro atoms. The molecule has 0 aromatic heterocycles. The Morgan fingerprint density at radius 2 is 2.00 bits per heavy atom. The number of ether oxygens (including phenoxy) is 1. The van der Waals surface area contributed by atoms with Gasteiger partial charge in [-0.3, -0.25) is 9.59 Å². The van der Waals surface area contributed by atoms with Crippen molar-refractivity contribution in [2.45, 2.75) is 77.8 Å². The van der Waals surface area contributed by atoms with Crippen LogP contribution in [0.3, 0.4) is 0 Å². The summed E-state index contributed by atoms with van der Waals surface area (Å²) < 4.78 is 6.01. The highest BCUT2D eigenvalue weighted by atomic mass is 16.5. The van der Waals surface area contributed by atoms with E-state index in [0.717, 1.165) is 43.4 Å². The van der Waals surface area contributed by atoms with E-state index in [1.807, 2.05) is 24.3 Å². The molecule has 0 saturated heterocycles. The number of hydrogen-bond donors (Lipinski definition) is 4. The number of rotatable bonds is 9. The lowest BCUT2D eigenvalue weighted by Gasteiger charge is -2.37. The molecule has 0 unspecified atom stereocenters. The Kier molecular flexibility index (Phi) is 12.2. The number of carbonyl (C=O) groups is 2. The highest BCUT2D eigenvalue weighted by Gasteiger charge is 2.34. The maximum atomic E-state index is 12.6. The SMILES string of the molecule is CCCO[C@@H]1CC[C@H](C(=O)NCc2cccc(CO)c2)C[C@H]1NC(C)C.O=CO. The Bertz CT molecular complexity index is 609. The van der Waals surface area contributed by atoms with Crippen molar-refractivity contribution in [3.05, 3.63) is 35.4 Å². The predicted molar refractivity (Wildman–Crippen MR) is 112 cm³/mol. The van der Waals surface area contributed by atoms with E-state index in [4.69, 9.17) is 14.6 Å². The molecule has 1 fully saturated rings. The molecule has 1 amide bonds. The number of carbonyl (C=O) groups excluding carboxylic acids is 1. The zero-order chi connectivity index (χ0) is 21.6. The van der Waals surface area contributed by atoms with Gasteiger partial charge in [-0.15, -0.1) is 0 Å². The van der Waals surface area contributed by atoms with E-state index in [2.05, 4.69) is 31.4 Å². The zero-order valence-electron chi connectivity index (χ0n) is 17.8. The van der Waals surface area contributed by atoms with Gasteiger partial charge in [-0.1, -0.05) is 45.0 Å². The third kappa shape index (κ3) is 9.39. The number of aliphatic hydroxyl groups is 1. The van der Waals surface area contributed by atoms with Crippen molar-refractivity contribution in [2.75, 3.05) is 6.61 Å². The summed E-state index contributed by atoms with van der Waals surface area (Å²) in [6, 6.07) is 8.29. The molecule has 2 rings (SSSR count). The maximum Gasteiger partial charge on any atom is 0.290 e. The lowest BCUT2D eigenvalue weighted by molar-refractivity contribution is -0.128. The average molecular weight is 409 g/mol. The Morgan fingerprint density at radius 3 is 2.62 bits per heavy atom. The van der Waals surface area contributed by atoms with Crippen LogP contribution in [0.15, 0.2) is 24.3 Å². The van der Waals surface area contributed by atoms with Crippen molar-refractivity contribution >= 4 is 12.4 Å². The molecule has 0 radical (unpaired) electrons. The van der Waals surface area contributed by atoms with Gasteiger partial charge in [0.05, 0.1) is 12.7 Å². The van der Waals surface area contributed by atoms with Crippen molar-refractivity contribution in [2.24, 2.45) is 5.92 Å². The van der Waals surface area contributed by atoms with Crippen LogP contribution in [0.5, 0.6) is 0 Å². The van der Waals surface area contributed by atoms with Gasteiger partial charge in [-0.05, 0) is 36.8 Å². The van der Waals surface area contributed by atoms with Gasteiger partial charge < -0.3 is 25.6 Å². The number of benzene rings is 1. The van der Waals surface area contributed by atoms with Crippen LogP contribution in [0.1, 0.15) is 57.6 Å². The number of hydrogen-bond acceptors (Lipinski definition) is 5. The lowest BCUT2D eigenvalue weighted by Crippen LogP contribution is -2.50. The van der Waals surface area contributed by atoms with Crippen LogP contribution in [-0.4, -0.2) is 47.4 Å². The highest BCUT2D eigenvalue weighted by molar-refractivity contribution is 5.78. The van der Waals surface area contributed by atoms with Crippen molar-refractivity contribution in [3.8, 4) is 0 Å². The molecule has 4 N–H and O–H groups in total. The van der Waals surface area contributed by atoms with Gasteiger partial charge in [0.25, 0.3) is 6.47 Å². The van der Waals surface area contributed by atoms with Gasteiger partial charge in [-0.2, -0.15) is 0 Å². The summed E-state index contributed by atoms with van der Waals surface area (Å²) in [5, 5.41) is 22.8. The molecule has 7 heteroatoms. The number of nitrogens with one attached hydrogen (secondary N) is 2. The molecular formula is C22H36N2O5. The standard InChI is InChI=1S/C21H34N2O3.CH2O2/c1-4-10-26-20-9-8-18(12-19(20)23-15(2)3)21(25)22-13-16-6-5-7-17(11-16)14-24;2-1-3/h5-7,11,15,18-20,23-24H,4,8-10,12-14H2,1-3H3,(H,22,25);1H,(H,2,3)/t18-,19+,20+;/m0./s1. The number of amides is 1. The van der Waals surface area contributed by atoms with E-state index in [1.165, 1.54) is 0 Å². The molecule has 0 aliphatic heterocycles. The normalized spacial score (nSPS) is 21.2. The molecule has 164 valence electrons. The van der Waals surface area contributed by atoms with Crippen molar-refractivity contribution in [1.29, 1.82) is 0 Å². The van der Waals surface area contributed by atoms with E-state index in [9.17, 15) is 9.90 Å². The maximum absolute atomic E-state index is 12.6. The van der Waals surface area contributed by atoms with Gasteiger partial charge in [0.15, 0.2) is 0 Å². The van der Waals surface area contributed by atoms with Crippen LogP contribution in [0.25, 0.3) is 0 Å². The van der Waals surface area contributed by atoms with Crippen LogP contribution in [0.2, 0.25) is 0 Å². The third-order valence-corrected chi connectivity index (χ3v) is 4.88. The summed E-state index contributed by atoms with van der Waals surface area (Å²) in [7, 11) is 0. The Balaban J connectivity index is 0.00000132. The zero-order valence-corrected chi connectivity index (χ0v) is 17.8. The Hall–Kier alpha value is -1.96. The summed E-state index contributed by atoms with van der Waals surface area (Å²) in [4.78, 5) is 21.0. The summed E-state index contributed by atoms with van der Waals surface area (Å²) in [6.07, 6.45) is 3.81. The first-order valence-electron chi connectivity index (χ1n) is 10.4. The molecule has 1 aliphatic rings. The summed E-state index contributed by atoms with van der Waals surface area (Å²) in [5.74, 6) is 0.137. The molecule has 0 heterocycles. The fourth-order valence-corrected chi connectivity index (χ4v) is 3.62. The fraction of sp³-hybridized carbons (Fsp3) is 0.636. The van der Waals surface area contributed by atoms with Crippen LogP contribution in [-0.2, 0) is 27.5 Å². The van der Waals surface area contributed by atoms with E-state index in [-0.39, 0.29) is 37.0 Å². The first kappa shape index (κ1) is 25.1. The minimum absolute atomic E-state index is 0.0200. The molecular weight excluding hydrogens is 372 g/mol. The Labute approximate surface area is 173 Å². The number of aliphatic hydroxyl groups excluding tert-OH is 1. The molecule has 1 aliphatic carbocycles. The lowest BCUT2D eigenvalue weighted by atomic mass is 9.82. The molecule has 0 bridgehead atoms. The average Bonchev–Trinajstić information content (AvgIpc) is 2.71. The highest BCUT2D eigenvalue weighted by Crippen LogP contribution is 2.27. The number of carboxylic acid groups (broad SMARTS) is 1. The van der Waals surface area contributed by atoms with Gasteiger partial charge in [-0.25, -0.2) is 0 Å². The summed E-state index contributed by atoms with van der Waals surface area (Å²) in [6.45, 7) is 7.44. The first-order chi connectivity index (χ1) is 13.9. The minimum Gasteiger partial charge on any atom is -0.483 e. The second-order valence-electron chi connectivity index (χ2n) is 7.65. The van der Waals surface area contributed by atoms with Gasteiger partial charge >= 0.3 is 0 Å². The predicted octanol–water partition coefficient (Wildman–Crippen LogP) is 2.46. The second kappa shape index (κ2) is 14.1. The minimum atomic E-state index is -0.250. The van der Waals surface area contributed by atoms with Crippen LogP contribution in [0.4, 0.5) is 0 Å². The molecule has 7 nitrogen and oxygen atoms in total. The molecule has 29 heavy (non-hydrogen) atoms. The van der Waals surface area contributed by atoms with Gasteiger partial charge in [0.1, 0.15) is 0 Å². The van der Waals surface area contributed by atoms with Crippen molar-refractivity contribution in [1.82, 2.24) is 10.6 Å². The van der Waals surface area contributed by atoms with Gasteiger partial charge in [0, 0.05) is 31.2 Å². The van der Waals surface area contributed by atoms with E-state index in [0.29, 0.717) is 12.6 Å². The Morgan fingerprint density at radius 1 is 1.31 bits per heavy atom. The molecule has 1 aromatic carbocycles.